The van der Waals surface area contributed by atoms with E-state index < -0.39 is 0 Å². The van der Waals surface area contributed by atoms with Crippen LogP contribution in [0.5, 0.6) is 0 Å². The number of hydrogen-bond acceptors (Lipinski definition) is 1. The molecule has 0 aromatic rings. The zero-order chi connectivity index (χ0) is 13.0. The highest BCUT2D eigenvalue weighted by molar-refractivity contribution is 4.91. The van der Waals surface area contributed by atoms with E-state index in [4.69, 9.17) is 0 Å². The van der Waals surface area contributed by atoms with Gasteiger partial charge in [-0.2, -0.15) is 0 Å². The van der Waals surface area contributed by atoms with Gasteiger partial charge in [0.2, 0.25) is 0 Å². The van der Waals surface area contributed by atoms with E-state index in [0.717, 1.165) is 17.8 Å². The molecule has 0 aromatic carbocycles. The average molecular weight is 251 g/mol. The lowest BCUT2D eigenvalue weighted by atomic mass is 9.85. The highest BCUT2D eigenvalue weighted by Gasteiger charge is 2.39. The average Bonchev–Trinajstić information content (AvgIpc) is 2.91. The fourth-order valence-electron chi connectivity index (χ4n) is 4.16. The van der Waals surface area contributed by atoms with Crippen LogP contribution in [-0.2, 0) is 0 Å². The number of nitrogens with one attached hydrogen (secondary N) is 1. The van der Waals surface area contributed by atoms with Crippen LogP contribution in [0.25, 0.3) is 0 Å². The molecule has 18 heavy (non-hydrogen) atoms. The van der Waals surface area contributed by atoms with Crippen molar-refractivity contribution in [1.82, 2.24) is 5.32 Å². The van der Waals surface area contributed by atoms with Gasteiger partial charge in [0.15, 0.2) is 0 Å². The smallest absolute Gasteiger partial charge is 0.000263 e. The summed E-state index contributed by atoms with van der Waals surface area (Å²) in [6.45, 7) is 9.65. The third kappa shape index (κ3) is 3.98. The number of fused-ring (bicyclic) bond motifs is 2. The van der Waals surface area contributed by atoms with Gasteiger partial charge in [-0.25, -0.2) is 0 Å². The fraction of sp³-hybridized carbons (Fsp3) is 1.00. The predicted octanol–water partition coefficient (Wildman–Crippen LogP) is 4.62. The molecular weight excluding hydrogens is 218 g/mol. The van der Waals surface area contributed by atoms with Gasteiger partial charge in [-0.05, 0) is 55.4 Å². The molecule has 0 aliphatic heterocycles. The maximum absolute atomic E-state index is 3.78. The summed E-state index contributed by atoms with van der Waals surface area (Å²) in [5, 5.41) is 3.78. The van der Waals surface area contributed by atoms with Gasteiger partial charge < -0.3 is 5.32 Å². The molecule has 0 radical (unpaired) electrons. The highest BCUT2D eigenvalue weighted by atomic mass is 14.9. The van der Waals surface area contributed by atoms with E-state index in [2.05, 4.69) is 26.1 Å². The topological polar surface area (TPSA) is 12.0 Å². The molecule has 1 N–H and O–H groups in total. The van der Waals surface area contributed by atoms with Crippen LogP contribution < -0.4 is 5.32 Å². The minimum absolute atomic E-state index is 0.493. The standard InChI is InChI=1S/C17H33N/c1-4-5-6-9-17(2,3)13-18-12-16-11-14-7-8-15(16)10-14/h14-16,18H,4-13H2,1-3H3. The zero-order valence-corrected chi connectivity index (χ0v) is 12.8. The van der Waals surface area contributed by atoms with Crippen LogP contribution in [0.2, 0.25) is 0 Å². The first-order chi connectivity index (χ1) is 8.61. The molecule has 0 amide bonds. The number of rotatable bonds is 8. The minimum Gasteiger partial charge on any atom is -0.316 e. The Bertz CT molecular complexity index is 246. The summed E-state index contributed by atoms with van der Waals surface area (Å²) >= 11 is 0. The second-order valence-corrected chi connectivity index (χ2v) is 7.69. The first kappa shape index (κ1) is 14.4. The Morgan fingerprint density at radius 1 is 1.11 bits per heavy atom. The quantitative estimate of drug-likeness (QED) is 0.621. The largest absolute Gasteiger partial charge is 0.316 e. The SMILES string of the molecule is CCCCCC(C)(C)CNCC1CC2CCC1C2. The van der Waals surface area contributed by atoms with E-state index in [1.54, 1.807) is 6.42 Å². The molecule has 0 aromatic heterocycles. The zero-order valence-electron chi connectivity index (χ0n) is 12.8. The molecule has 0 saturated heterocycles. The maximum atomic E-state index is 3.78. The van der Waals surface area contributed by atoms with Crippen molar-refractivity contribution in [3.63, 3.8) is 0 Å². The molecule has 2 saturated carbocycles. The van der Waals surface area contributed by atoms with Crippen LogP contribution in [0.3, 0.4) is 0 Å². The molecule has 2 rings (SSSR count). The van der Waals surface area contributed by atoms with Gasteiger partial charge in [-0.1, -0.05) is 46.5 Å². The van der Waals surface area contributed by atoms with Crippen LogP contribution in [0.15, 0.2) is 0 Å². The van der Waals surface area contributed by atoms with Gasteiger partial charge in [0.25, 0.3) is 0 Å². The molecule has 2 aliphatic rings. The molecule has 1 heteroatoms. The Hall–Kier alpha value is -0.0400. The molecule has 0 spiro atoms. The van der Waals surface area contributed by atoms with E-state index in [-0.39, 0.29) is 0 Å². The lowest BCUT2D eigenvalue weighted by Gasteiger charge is -2.28. The summed E-state index contributed by atoms with van der Waals surface area (Å²) in [5.74, 6) is 3.18. The summed E-state index contributed by atoms with van der Waals surface area (Å²) in [6.07, 6.45) is 11.6. The summed E-state index contributed by atoms with van der Waals surface area (Å²) in [5.41, 5.74) is 0.493. The van der Waals surface area contributed by atoms with Gasteiger partial charge in [0.05, 0.1) is 0 Å². The monoisotopic (exact) mass is 251 g/mol. The second kappa shape index (κ2) is 6.41. The molecule has 106 valence electrons. The van der Waals surface area contributed by atoms with Gasteiger partial charge >= 0.3 is 0 Å². The van der Waals surface area contributed by atoms with E-state index in [1.165, 1.54) is 58.0 Å². The Labute approximate surface area is 114 Å². The highest BCUT2D eigenvalue weighted by Crippen LogP contribution is 2.47. The maximum Gasteiger partial charge on any atom is 0.000263 e. The summed E-state index contributed by atoms with van der Waals surface area (Å²) in [4.78, 5) is 0. The van der Waals surface area contributed by atoms with E-state index in [1.807, 2.05) is 0 Å². The summed E-state index contributed by atoms with van der Waals surface area (Å²) in [7, 11) is 0. The Morgan fingerprint density at radius 2 is 1.94 bits per heavy atom. The van der Waals surface area contributed by atoms with Gasteiger partial charge in [0, 0.05) is 6.54 Å². The van der Waals surface area contributed by atoms with Crippen molar-refractivity contribution < 1.29 is 0 Å². The molecule has 1 nitrogen and oxygen atoms in total. The van der Waals surface area contributed by atoms with Gasteiger partial charge in [0.1, 0.15) is 0 Å². The van der Waals surface area contributed by atoms with Crippen molar-refractivity contribution in [1.29, 1.82) is 0 Å². The Morgan fingerprint density at radius 3 is 2.56 bits per heavy atom. The van der Waals surface area contributed by atoms with Crippen LogP contribution in [0, 0.1) is 23.2 Å². The van der Waals surface area contributed by atoms with Crippen LogP contribution >= 0.6 is 0 Å². The first-order valence-electron chi connectivity index (χ1n) is 8.31. The van der Waals surface area contributed by atoms with Crippen LogP contribution in [-0.4, -0.2) is 13.1 Å². The van der Waals surface area contributed by atoms with Crippen molar-refractivity contribution in [2.45, 2.75) is 72.1 Å². The fourth-order valence-corrected chi connectivity index (χ4v) is 4.16. The molecule has 2 fully saturated rings. The molecule has 2 aliphatic carbocycles. The minimum atomic E-state index is 0.493. The van der Waals surface area contributed by atoms with Crippen molar-refractivity contribution in [2.24, 2.45) is 23.2 Å². The van der Waals surface area contributed by atoms with Crippen LogP contribution in [0.1, 0.15) is 72.1 Å². The molecule has 0 heterocycles. The lowest BCUT2D eigenvalue weighted by Crippen LogP contribution is -2.34. The summed E-state index contributed by atoms with van der Waals surface area (Å²) < 4.78 is 0. The molecule has 2 bridgehead atoms. The normalized spacial score (nSPS) is 31.2. The molecular formula is C17H33N. The van der Waals surface area contributed by atoms with E-state index in [9.17, 15) is 0 Å². The number of unbranched alkanes of at least 4 members (excludes halogenated alkanes) is 2. The Balaban J connectivity index is 1.59. The third-order valence-corrected chi connectivity index (χ3v) is 5.35. The first-order valence-corrected chi connectivity index (χ1v) is 8.31. The van der Waals surface area contributed by atoms with Crippen molar-refractivity contribution in [2.75, 3.05) is 13.1 Å². The number of hydrogen-bond donors (Lipinski definition) is 1. The van der Waals surface area contributed by atoms with Gasteiger partial charge in [-0.15, -0.1) is 0 Å². The van der Waals surface area contributed by atoms with Gasteiger partial charge in [-0.3, -0.25) is 0 Å². The van der Waals surface area contributed by atoms with Crippen molar-refractivity contribution >= 4 is 0 Å². The van der Waals surface area contributed by atoms with Crippen LogP contribution in [0.4, 0.5) is 0 Å². The second-order valence-electron chi connectivity index (χ2n) is 7.69. The molecule has 3 unspecified atom stereocenters. The predicted molar refractivity (Wildman–Crippen MR) is 79.7 cm³/mol. The van der Waals surface area contributed by atoms with E-state index >= 15 is 0 Å². The van der Waals surface area contributed by atoms with Crippen molar-refractivity contribution in [3.8, 4) is 0 Å². The van der Waals surface area contributed by atoms with E-state index in [0.29, 0.717) is 5.41 Å². The third-order valence-electron chi connectivity index (χ3n) is 5.35. The molecule has 3 atom stereocenters. The lowest BCUT2D eigenvalue weighted by molar-refractivity contribution is 0.268. The van der Waals surface area contributed by atoms with Crippen molar-refractivity contribution in [3.05, 3.63) is 0 Å². The summed E-state index contributed by atoms with van der Waals surface area (Å²) in [6, 6.07) is 0. The Kier molecular flexibility index (Phi) is 5.12.